The lowest BCUT2D eigenvalue weighted by Gasteiger charge is -2.36. The number of carbonyl (C=O) groups excluding carboxylic acids is 1. The molecule has 3 N–H and O–H groups in total. The number of anilines is 1. The normalized spacial score (nSPS) is 15.2. The molecule has 142 valence electrons. The van der Waals surface area contributed by atoms with Gasteiger partial charge >= 0.3 is 0 Å². The summed E-state index contributed by atoms with van der Waals surface area (Å²) in [5, 5.41) is 22.6. The van der Waals surface area contributed by atoms with Crippen LogP contribution in [0.1, 0.15) is 12.0 Å². The van der Waals surface area contributed by atoms with Crippen molar-refractivity contribution in [2.75, 3.05) is 37.6 Å². The molecule has 0 atom stereocenters. The molecule has 1 heterocycles. The van der Waals surface area contributed by atoms with Gasteiger partial charge in [0, 0.05) is 44.8 Å². The molecule has 7 nitrogen and oxygen atoms in total. The van der Waals surface area contributed by atoms with Crippen LogP contribution >= 0.6 is 0 Å². The number of phenolic OH excluding ortho intramolecular Hbond substituents is 2. The van der Waals surface area contributed by atoms with Crippen molar-refractivity contribution in [2.45, 2.75) is 6.42 Å². The van der Waals surface area contributed by atoms with Crippen molar-refractivity contribution < 1.29 is 15.0 Å². The van der Waals surface area contributed by atoms with Crippen LogP contribution < -0.4 is 10.3 Å². The predicted molar refractivity (Wildman–Crippen MR) is 105 cm³/mol. The summed E-state index contributed by atoms with van der Waals surface area (Å²) in [5.41, 5.74) is 4.31. The fraction of sp³-hybridized carbons (Fsp3) is 0.300. The lowest BCUT2D eigenvalue weighted by atomic mass is 10.2. The van der Waals surface area contributed by atoms with Crippen LogP contribution in [0.15, 0.2) is 53.6 Å². The van der Waals surface area contributed by atoms with E-state index in [1.807, 2.05) is 18.2 Å². The highest BCUT2D eigenvalue weighted by molar-refractivity contribution is 5.83. The third kappa shape index (κ3) is 5.46. The van der Waals surface area contributed by atoms with Crippen LogP contribution in [0.25, 0.3) is 0 Å². The zero-order valence-electron chi connectivity index (χ0n) is 15.1. The summed E-state index contributed by atoms with van der Waals surface area (Å²) < 4.78 is 0. The van der Waals surface area contributed by atoms with Gasteiger partial charge in [0.05, 0.1) is 6.21 Å². The smallest absolute Gasteiger partial charge is 0.241 e. The van der Waals surface area contributed by atoms with Gasteiger partial charge in [-0.1, -0.05) is 18.2 Å². The number of piperazine rings is 1. The van der Waals surface area contributed by atoms with Gasteiger partial charge in [-0.3, -0.25) is 9.69 Å². The maximum atomic E-state index is 11.9. The predicted octanol–water partition coefficient (Wildman–Crippen LogP) is 1.76. The highest BCUT2D eigenvalue weighted by Gasteiger charge is 2.17. The molecule has 2 aromatic carbocycles. The molecule has 0 saturated carbocycles. The summed E-state index contributed by atoms with van der Waals surface area (Å²) >= 11 is 0. The second kappa shape index (κ2) is 9.05. The molecule has 1 aliphatic rings. The minimum absolute atomic E-state index is 0.153. The zero-order chi connectivity index (χ0) is 19.1. The minimum atomic E-state index is -0.222. The van der Waals surface area contributed by atoms with Crippen molar-refractivity contribution in [1.29, 1.82) is 0 Å². The Kier molecular flexibility index (Phi) is 6.27. The number of amides is 1. The molecule has 0 bridgehead atoms. The largest absolute Gasteiger partial charge is 0.504 e. The van der Waals surface area contributed by atoms with E-state index in [4.69, 9.17) is 0 Å². The molecule has 7 heteroatoms. The Morgan fingerprint density at radius 2 is 1.78 bits per heavy atom. The summed E-state index contributed by atoms with van der Waals surface area (Å²) in [4.78, 5) is 16.6. The Morgan fingerprint density at radius 1 is 1.04 bits per heavy atom. The molecule has 0 radical (unpaired) electrons. The van der Waals surface area contributed by atoms with Gasteiger partial charge < -0.3 is 15.1 Å². The van der Waals surface area contributed by atoms with E-state index in [1.165, 1.54) is 24.0 Å². The maximum Gasteiger partial charge on any atom is 0.241 e. The first-order valence-corrected chi connectivity index (χ1v) is 8.98. The van der Waals surface area contributed by atoms with Crippen LogP contribution in [0.3, 0.4) is 0 Å². The number of hydrogen-bond donors (Lipinski definition) is 3. The van der Waals surface area contributed by atoms with E-state index < -0.39 is 0 Å². The Bertz CT molecular complexity index is 787. The molecule has 0 spiro atoms. The molecular weight excluding hydrogens is 344 g/mol. The summed E-state index contributed by atoms with van der Waals surface area (Å²) in [6, 6.07) is 14.7. The van der Waals surface area contributed by atoms with Crippen LogP contribution in [-0.4, -0.2) is 60.0 Å². The Labute approximate surface area is 158 Å². The number of aromatic hydroxyl groups is 2. The second-order valence-corrected chi connectivity index (χ2v) is 6.46. The van der Waals surface area contributed by atoms with Gasteiger partial charge in [0.1, 0.15) is 0 Å². The van der Waals surface area contributed by atoms with Crippen LogP contribution in [0.5, 0.6) is 11.5 Å². The number of carbonyl (C=O) groups is 1. The van der Waals surface area contributed by atoms with Crippen molar-refractivity contribution in [3.05, 3.63) is 54.1 Å². The third-order valence-electron chi connectivity index (χ3n) is 4.55. The number of hydrogen-bond acceptors (Lipinski definition) is 6. The molecule has 0 aliphatic carbocycles. The number of benzene rings is 2. The van der Waals surface area contributed by atoms with E-state index in [0.29, 0.717) is 18.5 Å². The lowest BCUT2D eigenvalue weighted by Crippen LogP contribution is -2.47. The number of nitrogens with one attached hydrogen (secondary N) is 1. The average molecular weight is 368 g/mol. The van der Waals surface area contributed by atoms with Crippen molar-refractivity contribution in [3.63, 3.8) is 0 Å². The van der Waals surface area contributed by atoms with E-state index >= 15 is 0 Å². The summed E-state index contributed by atoms with van der Waals surface area (Å²) in [7, 11) is 0. The molecule has 1 saturated heterocycles. The van der Waals surface area contributed by atoms with Crippen molar-refractivity contribution >= 4 is 17.8 Å². The van der Waals surface area contributed by atoms with Gasteiger partial charge in [-0.05, 0) is 35.9 Å². The SMILES string of the molecule is O=C(CCN1CCN(c2ccccc2)CC1)N/N=C\c1ccc(O)c(O)c1. The number of phenols is 2. The van der Waals surface area contributed by atoms with E-state index in [1.54, 1.807) is 6.07 Å². The van der Waals surface area contributed by atoms with Gasteiger partial charge in [-0.2, -0.15) is 5.10 Å². The minimum Gasteiger partial charge on any atom is -0.504 e. The zero-order valence-corrected chi connectivity index (χ0v) is 15.1. The summed E-state index contributed by atoms with van der Waals surface area (Å²) in [5.74, 6) is -0.566. The molecule has 27 heavy (non-hydrogen) atoms. The molecule has 0 aromatic heterocycles. The summed E-state index contributed by atoms with van der Waals surface area (Å²) in [6.07, 6.45) is 1.80. The molecular formula is C20H24N4O3. The van der Waals surface area contributed by atoms with Gasteiger partial charge in [0.2, 0.25) is 5.91 Å². The van der Waals surface area contributed by atoms with Crippen LogP contribution in [-0.2, 0) is 4.79 Å². The Balaban J connectivity index is 1.37. The monoisotopic (exact) mass is 368 g/mol. The fourth-order valence-corrected chi connectivity index (χ4v) is 2.98. The maximum absolute atomic E-state index is 11.9. The molecule has 1 aliphatic heterocycles. The van der Waals surface area contributed by atoms with E-state index in [2.05, 4.69) is 32.5 Å². The molecule has 1 amide bonds. The quantitative estimate of drug-likeness (QED) is 0.411. The molecule has 3 rings (SSSR count). The fourth-order valence-electron chi connectivity index (χ4n) is 2.98. The van der Waals surface area contributed by atoms with Gasteiger partial charge in [0.15, 0.2) is 11.5 Å². The first kappa shape index (κ1) is 18.7. The molecule has 2 aromatic rings. The van der Waals surface area contributed by atoms with Gasteiger partial charge in [-0.25, -0.2) is 5.43 Å². The Morgan fingerprint density at radius 3 is 2.48 bits per heavy atom. The summed E-state index contributed by atoms with van der Waals surface area (Å²) in [6.45, 7) is 4.46. The topological polar surface area (TPSA) is 88.4 Å². The van der Waals surface area contributed by atoms with Crippen molar-refractivity contribution in [1.82, 2.24) is 10.3 Å². The highest BCUT2D eigenvalue weighted by Crippen LogP contribution is 2.23. The van der Waals surface area contributed by atoms with E-state index in [-0.39, 0.29) is 17.4 Å². The molecule has 1 fully saturated rings. The first-order chi connectivity index (χ1) is 13.1. The third-order valence-corrected chi connectivity index (χ3v) is 4.55. The van der Waals surface area contributed by atoms with Crippen molar-refractivity contribution in [2.24, 2.45) is 5.10 Å². The number of rotatable bonds is 6. The van der Waals surface area contributed by atoms with Gasteiger partial charge in [-0.15, -0.1) is 0 Å². The number of hydrazone groups is 1. The highest BCUT2D eigenvalue weighted by atomic mass is 16.3. The lowest BCUT2D eigenvalue weighted by molar-refractivity contribution is -0.121. The van der Waals surface area contributed by atoms with E-state index in [0.717, 1.165) is 26.2 Å². The first-order valence-electron chi connectivity index (χ1n) is 8.98. The number of nitrogens with zero attached hydrogens (tertiary/aromatic N) is 3. The van der Waals surface area contributed by atoms with Crippen molar-refractivity contribution in [3.8, 4) is 11.5 Å². The van der Waals surface area contributed by atoms with Gasteiger partial charge in [0.25, 0.3) is 0 Å². The van der Waals surface area contributed by atoms with Crippen LogP contribution in [0, 0.1) is 0 Å². The van der Waals surface area contributed by atoms with E-state index in [9.17, 15) is 15.0 Å². The second-order valence-electron chi connectivity index (χ2n) is 6.46. The van der Waals surface area contributed by atoms with Crippen LogP contribution in [0.4, 0.5) is 5.69 Å². The Hall–Kier alpha value is -3.06. The molecule has 0 unspecified atom stereocenters. The van der Waals surface area contributed by atoms with Crippen LogP contribution in [0.2, 0.25) is 0 Å². The average Bonchev–Trinajstić information content (AvgIpc) is 2.70. The number of para-hydroxylation sites is 1. The standard InChI is InChI=1S/C20H24N4O3/c25-18-7-6-16(14-19(18)26)15-21-22-20(27)8-9-23-10-12-24(13-11-23)17-4-2-1-3-5-17/h1-7,14-15,25-26H,8-13H2,(H,22,27)/b21-15-.